The zero-order chi connectivity index (χ0) is 20.1. The molecule has 4 rings (SSSR count). The molecule has 0 atom stereocenters. The maximum absolute atomic E-state index is 11.2. The molecule has 31 heavy (non-hydrogen) atoms. The lowest BCUT2D eigenvalue weighted by Crippen LogP contribution is -2.46. The van der Waals surface area contributed by atoms with Crippen molar-refractivity contribution in [3.05, 3.63) is 63.7 Å². The van der Waals surface area contributed by atoms with E-state index in [9.17, 15) is 10.1 Å². The summed E-state index contributed by atoms with van der Waals surface area (Å²) in [5.74, 6) is 1.00. The summed E-state index contributed by atoms with van der Waals surface area (Å²) < 4.78 is 5.94. The molecule has 1 aliphatic heterocycles. The lowest BCUT2D eigenvalue weighted by atomic mass is 10.1. The first-order valence-electron chi connectivity index (χ1n) is 10.7. The highest BCUT2D eigenvalue weighted by Crippen LogP contribution is 2.28. The number of nitro benzene ring substituents is 1. The highest BCUT2D eigenvalue weighted by Gasteiger charge is 2.22. The van der Waals surface area contributed by atoms with Crippen molar-refractivity contribution in [2.45, 2.75) is 32.1 Å². The molecule has 1 fully saturated rings. The van der Waals surface area contributed by atoms with Gasteiger partial charge in [0.25, 0.3) is 5.69 Å². The van der Waals surface area contributed by atoms with Gasteiger partial charge in [-0.2, -0.15) is 0 Å². The van der Waals surface area contributed by atoms with Crippen molar-refractivity contribution in [2.24, 2.45) is 0 Å². The van der Waals surface area contributed by atoms with Crippen LogP contribution in [0.2, 0.25) is 0 Å². The summed E-state index contributed by atoms with van der Waals surface area (Å²) in [4.78, 5) is 15.5. The van der Waals surface area contributed by atoms with E-state index in [2.05, 4.69) is 28.0 Å². The molecule has 1 saturated heterocycles. The second kappa shape index (κ2) is 12.1. The van der Waals surface area contributed by atoms with Gasteiger partial charge in [0, 0.05) is 32.2 Å². The molecule has 0 saturated carbocycles. The van der Waals surface area contributed by atoms with E-state index in [0.717, 1.165) is 63.6 Å². The number of anilines is 1. The number of unbranched alkanes of at least 4 members (excludes halogenated alkanes) is 1. The zero-order valence-corrected chi connectivity index (χ0v) is 19.3. The Bertz CT molecular complexity index is 858. The van der Waals surface area contributed by atoms with E-state index in [-0.39, 0.29) is 35.4 Å². The van der Waals surface area contributed by atoms with Crippen LogP contribution in [-0.2, 0) is 12.8 Å². The minimum Gasteiger partial charge on any atom is -0.494 e. The summed E-state index contributed by atoms with van der Waals surface area (Å²) >= 11 is 0. The molecule has 0 radical (unpaired) electrons. The number of para-hydroxylation sites is 2. The number of nitrogens with zero attached hydrogens (tertiary/aromatic N) is 3. The van der Waals surface area contributed by atoms with Crippen molar-refractivity contribution < 1.29 is 9.66 Å². The fourth-order valence-electron chi connectivity index (χ4n) is 4.36. The van der Waals surface area contributed by atoms with E-state index >= 15 is 0 Å². The van der Waals surface area contributed by atoms with Crippen LogP contribution in [0.5, 0.6) is 5.75 Å². The van der Waals surface area contributed by atoms with Crippen LogP contribution in [-0.4, -0.2) is 49.2 Å². The summed E-state index contributed by atoms with van der Waals surface area (Å²) in [5.41, 5.74) is 3.88. The van der Waals surface area contributed by atoms with E-state index in [1.807, 2.05) is 12.1 Å². The van der Waals surface area contributed by atoms with Crippen LogP contribution in [0, 0.1) is 10.1 Å². The van der Waals surface area contributed by atoms with Crippen molar-refractivity contribution in [3.8, 4) is 5.75 Å². The highest BCUT2D eigenvalue weighted by molar-refractivity contribution is 5.85. The van der Waals surface area contributed by atoms with Gasteiger partial charge in [0.05, 0.1) is 11.5 Å². The SMILES string of the molecule is Cl.Cl.O=[N+]([O-])c1ccccc1N1CCN(CCCCOc2ccc3c(c2)CCC3)CC1. The minimum atomic E-state index is -0.289. The fourth-order valence-corrected chi connectivity index (χ4v) is 4.36. The third-order valence-electron chi connectivity index (χ3n) is 6.00. The molecule has 0 aromatic heterocycles. The number of fused-ring (bicyclic) bond motifs is 1. The minimum absolute atomic E-state index is 0. The van der Waals surface area contributed by atoms with Crippen molar-refractivity contribution in [1.82, 2.24) is 4.90 Å². The first kappa shape index (κ1) is 25.2. The Labute approximate surface area is 196 Å². The van der Waals surface area contributed by atoms with Crippen molar-refractivity contribution in [2.75, 3.05) is 44.2 Å². The molecule has 0 spiro atoms. The molecule has 2 aliphatic rings. The molecule has 1 heterocycles. The van der Waals surface area contributed by atoms with Crippen LogP contribution >= 0.6 is 24.8 Å². The summed E-state index contributed by atoms with van der Waals surface area (Å²) in [6.45, 7) is 5.36. The van der Waals surface area contributed by atoms with Crippen LogP contribution < -0.4 is 9.64 Å². The molecular weight excluding hydrogens is 437 g/mol. The van der Waals surface area contributed by atoms with Gasteiger partial charge in [-0.3, -0.25) is 15.0 Å². The van der Waals surface area contributed by atoms with Crippen LogP contribution in [0.25, 0.3) is 0 Å². The molecule has 8 heteroatoms. The first-order chi connectivity index (χ1) is 14.2. The average Bonchev–Trinajstić information content (AvgIpc) is 3.22. The molecule has 2 aromatic carbocycles. The van der Waals surface area contributed by atoms with Crippen LogP contribution in [0.15, 0.2) is 42.5 Å². The number of ether oxygens (including phenoxy) is 1. The quantitative estimate of drug-likeness (QED) is 0.313. The lowest BCUT2D eigenvalue weighted by molar-refractivity contribution is -0.384. The zero-order valence-electron chi connectivity index (χ0n) is 17.7. The summed E-state index contributed by atoms with van der Waals surface area (Å²) in [6, 6.07) is 13.6. The average molecular weight is 468 g/mol. The number of piperazine rings is 1. The topological polar surface area (TPSA) is 58.9 Å². The van der Waals surface area contributed by atoms with E-state index in [1.165, 1.54) is 30.4 Å². The molecule has 0 amide bonds. The van der Waals surface area contributed by atoms with Gasteiger partial charge in [0.15, 0.2) is 0 Å². The predicted molar refractivity (Wildman–Crippen MR) is 129 cm³/mol. The number of halogens is 2. The van der Waals surface area contributed by atoms with Crippen molar-refractivity contribution in [1.29, 1.82) is 0 Å². The van der Waals surface area contributed by atoms with Gasteiger partial charge in [-0.25, -0.2) is 0 Å². The van der Waals surface area contributed by atoms with Gasteiger partial charge in [0.1, 0.15) is 11.4 Å². The summed E-state index contributed by atoms with van der Waals surface area (Å²) in [6.07, 6.45) is 5.81. The van der Waals surface area contributed by atoms with Crippen LogP contribution in [0.3, 0.4) is 0 Å². The molecule has 1 aliphatic carbocycles. The maximum atomic E-state index is 11.2. The Morgan fingerprint density at radius 2 is 1.68 bits per heavy atom. The Kier molecular flexibility index (Phi) is 9.88. The Morgan fingerprint density at radius 3 is 2.45 bits per heavy atom. The van der Waals surface area contributed by atoms with Gasteiger partial charge in [-0.05, 0) is 68.0 Å². The monoisotopic (exact) mass is 467 g/mol. The smallest absolute Gasteiger partial charge is 0.292 e. The third-order valence-corrected chi connectivity index (χ3v) is 6.00. The molecular formula is C23H31Cl2N3O3. The summed E-state index contributed by atoms with van der Waals surface area (Å²) in [5, 5.41) is 11.2. The number of aryl methyl sites for hydroxylation is 2. The largest absolute Gasteiger partial charge is 0.494 e. The molecule has 170 valence electrons. The summed E-state index contributed by atoms with van der Waals surface area (Å²) in [7, 11) is 0. The second-order valence-corrected chi connectivity index (χ2v) is 7.91. The van der Waals surface area contributed by atoms with Gasteiger partial charge >= 0.3 is 0 Å². The van der Waals surface area contributed by atoms with Crippen LogP contribution in [0.4, 0.5) is 11.4 Å². The van der Waals surface area contributed by atoms with Gasteiger partial charge in [-0.15, -0.1) is 24.8 Å². The van der Waals surface area contributed by atoms with Crippen molar-refractivity contribution >= 4 is 36.2 Å². The standard InChI is InChI=1S/C23H29N3O3.2ClH/c27-26(28)23-9-2-1-8-22(23)25-15-13-24(14-16-25)12-3-4-17-29-21-11-10-19-6-5-7-20(19)18-21;;/h1-2,8-11,18H,3-7,12-17H2;2*1H. The number of benzene rings is 2. The number of hydrogen-bond donors (Lipinski definition) is 0. The fraction of sp³-hybridized carbons (Fsp3) is 0.478. The van der Waals surface area contributed by atoms with Crippen molar-refractivity contribution in [3.63, 3.8) is 0 Å². The predicted octanol–water partition coefficient (Wildman–Crippen LogP) is 4.91. The first-order valence-corrected chi connectivity index (χ1v) is 10.7. The molecule has 0 unspecified atom stereocenters. The number of nitro groups is 1. The number of rotatable bonds is 8. The Balaban J connectivity index is 0.00000171. The van der Waals surface area contributed by atoms with Gasteiger partial charge in [-0.1, -0.05) is 18.2 Å². The normalized spacial score (nSPS) is 15.5. The Morgan fingerprint density at radius 1 is 0.935 bits per heavy atom. The van der Waals surface area contributed by atoms with Gasteiger partial charge < -0.3 is 9.64 Å². The molecule has 6 nitrogen and oxygen atoms in total. The van der Waals surface area contributed by atoms with E-state index in [0.29, 0.717) is 0 Å². The maximum Gasteiger partial charge on any atom is 0.292 e. The third kappa shape index (κ3) is 6.48. The van der Waals surface area contributed by atoms with E-state index in [1.54, 1.807) is 12.1 Å². The molecule has 2 aromatic rings. The van der Waals surface area contributed by atoms with Crippen LogP contribution in [0.1, 0.15) is 30.4 Å². The van der Waals surface area contributed by atoms with Gasteiger partial charge in [0.2, 0.25) is 0 Å². The Hall–Kier alpha value is -2.02. The lowest BCUT2D eigenvalue weighted by Gasteiger charge is -2.35. The van der Waals surface area contributed by atoms with E-state index in [4.69, 9.17) is 4.74 Å². The number of hydrogen-bond acceptors (Lipinski definition) is 5. The molecule has 0 N–H and O–H groups in total. The highest BCUT2D eigenvalue weighted by atomic mass is 35.5. The second-order valence-electron chi connectivity index (χ2n) is 7.91. The van der Waals surface area contributed by atoms with E-state index < -0.39 is 0 Å². The molecule has 0 bridgehead atoms.